The first kappa shape index (κ1) is 10.0. The van der Waals surface area contributed by atoms with Crippen LogP contribution in [0.1, 0.15) is 10.4 Å². The topological polar surface area (TPSA) is 46.5 Å². The molecule has 0 aliphatic heterocycles. The van der Waals surface area contributed by atoms with Gasteiger partial charge in [-0.15, -0.1) is 0 Å². The van der Waals surface area contributed by atoms with E-state index in [0.29, 0.717) is 16.3 Å². The molecule has 13 heavy (non-hydrogen) atoms. The molecular formula is C9H9ClO3. The number of benzene rings is 1. The van der Waals surface area contributed by atoms with Crippen molar-refractivity contribution in [3.05, 3.63) is 28.8 Å². The van der Waals surface area contributed by atoms with Gasteiger partial charge in [0.25, 0.3) is 0 Å². The smallest absolute Gasteiger partial charge is 0.191 e. The molecule has 0 spiro atoms. The van der Waals surface area contributed by atoms with Crippen molar-refractivity contribution in [1.29, 1.82) is 0 Å². The summed E-state index contributed by atoms with van der Waals surface area (Å²) < 4.78 is 4.93. The van der Waals surface area contributed by atoms with Crippen LogP contribution in [0.4, 0.5) is 0 Å². The summed E-state index contributed by atoms with van der Waals surface area (Å²) in [5, 5.41) is 9.09. The Balaban J connectivity index is 3.15. The number of carbonyl (C=O) groups is 1. The molecule has 0 saturated heterocycles. The average Bonchev–Trinajstić information content (AvgIpc) is 2.16. The molecule has 0 aromatic heterocycles. The van der Waals surface area contributed by atoms with Crippen molar-refractivity contribution in [2.24, 2.45) is 0 Å². The molecule has 1 N–H and O–H groups in total. The molecule has 0 aliphatic rings. The van der Waals surface area contributed by atoms with Crippen molar-refractivity contribution in [2.45, 2.75) is 0 Å². The van der Waals surface area contributed by atoms with E-state index in [1.165, 1.54) is 13.2 Å². The molecule has 3 nitrogen and oxygen atoms in total. The highest BCUT2D eigenvalue weighted by molar-refractivity contribution is 6.31. The van der Waals surface area contributed by atoms with Gasteiger partial charge in [0, 0.05) is 5.02 Å². The molecule has 1 aromatic carbocycles. The second-order valence-electron chi connectivity index (χ2n) is 2.43. The number of hydrogen-bond acceptors (Lipinski definition) is 3. The lowest BCUT2D eigenvalue weighted by atomic mass is 10.1. The Morgan fingerprint density at radius 2 is 2.31 bits per heavy atom. The van der Waals surface area contributed by atoms with Crippen LogP contribution >= 0.6 is 11.6 Å². The van der Waals surface area contributed by atoms with Gasteiger partial charge >= 0.3 is 0 Å². The van der Waals surface area contributed by atoms with Crippen molar-refractivity contribution in [2.75, 3.05) is 13.7 Å². The van der Waals surface area contributed by atoms with Gasteiger partial charge in [-0.05, 0) is 18.2 Å². The Bertz CT molecular complexity index is 323. The average molecular weight is 201 g/mol. The molecule has 0 bridgehead atoms. The SMILES string of the molecule is COc1ccc(Cl)cc1C(=O)CO. The lowest BCUT2D eigenvalue weighted by molar-refractivity contribution is 0.0900. The number of hydrogen-bond donors (Lipinski definition) is 1. The molecule has 1 rings (SSSR count). The van der Waals surface area contributed by atoms with E-state index in [4.69, 9.17) is 21.4 Å². The molecular weight excluding hydrogens is 192 g/mol. The van der Waals surface area contributed by atoms with Crippen LogP contribution in [0.3, 0.4) is 0 Å². The first-order valence-corrected chi connectivity index (χ1v) is 4.04. The van der Waals surface area contributed by atoms with Gasteiger partial charge in [0.15, 0.2) is 5.78 Å². The molecule has 70 valence electrons. The molecule has 4 heteroatoms. The molecule has 0 unspecified atom stereocenters. The van der Waals surface area contributed by atoms with Gasteiger partial charge in [-0.2, -0.15) is 0 Å². The molecule has 0 fully saturated rings. The van der Waals surface area contributed by atoms with Crippen LogP contribution in [0, 0.1) is 0 Å². The maximum atomic E-state index is 11.2. The number of carbonyl (C=O) groups excluding carboxylic acids is 1. The number of rotatable bonds is 3. The summed E-state index contributed by atoms with van der Waals surface area (Å²) in [5.41, 5.74) is 0.303. The number of methoxy groups -OCH3 is 1. The van der Waals surface area contributed by atoms with Crippen molar-refractivity contribution in [3.8, 4) is 5.75 Å². The Kier molecular flexibility index (Phi) is 3.28. The summed E-state index contributed by atoms with van der Waals surface area (Å²) in [6.45, 7) is -0.545. The highest BCUT2D eigenvalue weighted by atomic mass is 35.5. The van der Waals surface area contributed by atoms with E-state index in [9.17, 15) is 4.79 Å². The zero-order valence-electron chi connectivity index (χ0n) is 7.08. The summed E-state index contributed by atoms with van der Waals surface area (Å²) in [4.78, 5) is 11.2. The molecule has 0 saturated carbocycles. The van der Waals surface area contributed by atoms with Gasteiger partial charge in [0.2, 0.25) is 0 Å². The number of aliphatic hydroxyl groups is 1. The lowest BCUT2D eigenvalue weighted by Gasteiger charge is -2.05. The van der Waals surface area contributed by atoms with Gasteiger partial charge in [-0.25, -0.2) is 0 Å². The predicted octanol–water partition coefficient (Wildman–Crippen LogP) is 1.52. The van der Waals surface area contributed by atoms with Crippen LogP contribution in [0.25, 0.3) is 0 Å². The van der Waals surface area contributed by atoms with Crippen molar-refractivity contribution in [1.82, 2.24) is 0 Å². The third-order valence-corrected chi connectivity index (χ3v) is 1.84. The third-order valence-electron chi connectivity index (χ3n) is 1.61. The van der Waals surface area contributed by atoms with E-state index >= 15 is 0 Å². The third kappa shape index (κ3) is 2.20. The number of Topliss-reactive ketones (excluding diaryl/α,β-unsaturated/α-hetero) is 1. The van der Waals surface area contributed by atoms with Gasteiger partial charge in [0.1, 0.15) is 12.4 Å². The van der Waals surface area contributed by atoms with E-state index in [1.807, 2.05) is 0 Å². The second-order valence-corrected chi connectivity index (χ2v) is 2.86. The Morgan fingerprint density at radius 3 is 2.85 bits per heavy atom. The number of halogens is 1. The maximum absolute atomic E-state index is 11.2. The fourth-order valence-corrected chi connectivity index (χ4v) is 1.16. The van der Waals surface area contributed by atoms with E-state index in [1.54, 1.807) is 12.1 Å². The Morgan fingerprint density at radius 1 is 1.62 bits per heavy atom. The fraction of sp³-hybridized carbons (Fsp3) is 0.222. The summed E-state index contributed by atoms with van der Waals surface area (Å²) in [5.74, 6) is 0.0165. The van der Waals surface area contributed by atoms with Crippen LogP contribution in [-0.4, -0.2) is 24.6 Å². The minimum Gasteiger partial charge on any atom is -0.496 e. The molecule has 0 amide bonds. The van der Waals surface area contributed by atoms with Crippen molar-refractivity contribution < 1.29 is 14.6 Å². The second kappa shape index (κ2) is 4.25. The van der Waals surface area contributed by atoms with Gasteiger partial charge in [0.05, 0.1) is 12.7 Å². The summed E-state index contributed by atoms with van der Waals surface area (Å²) in [7, 11) is 1.46. The summed E-state index contributed by atoms with van der Waals surface area (Å²) in [6, 6.07) is 4.68. The fourth-order valence-electron chi connectivity index (χ4n) is 0.983. The number of ketones is 1. The van der Waals surface area contributed by atoms with Gasteiger partial charge in [-0.1, -0.05) is 11.6 Å². The van der Waals surface area contributed by atoms with Gasteiger partial charge < -0.3 is 9.84 Å². The van der Waals surface area contributed by atoms with Crippen molar-refractivity contribution >= 4 is 17.4 Å². The normalized spacial score (nSPS) is 9.77. The first-order valence-electron chi connectivity index (χ1n) is 3.66. The highest BCUT2D eigenvalue weighted by Gasteiger charge is 2.11. The van der Waals surface area contributed by atoms with Crippen LogP contribution in [0.5, 0.6) is 5.75 Å². The largest absolute Gasteiger partial charge is 0.496 e. The maximum Gasteiger partial charge on any atom is 0.191 e. The minimum absolute atomic E-state index is 0.303. The monoisotopic (exact) mass is 200 g/mol. The van der Waals surface area contributed by atoms with Crippen LogP contribution in [0.15, 0.2) is 18.2 Å². The Hall–Kier alpha value is -1.06. The first-order chi connectivity index (χ1) is 6.19. The molecule has 0 radical (unpaired) electrons. The predicted molar refractivity (Wildman–Crippen MR) is 49.4 cm³/mol. The van der Waals surface area contributed by atoms with E-state index in [-0.39, 0.29) is 0 Å². The van der Waals surface area contributed by atoms with Crippen molar-refractivity contribution in [3.63, 3.8) is 0 Å². The van der Waals surface area contributed by atoms with E-state index in [2.05, 4.69) is 0 Å². The van der Waals surface area contributed by atoms with Gasteiger partial charge in [-0.3, -0.25) is 4.79 Å². The summed E-state index contributed by atoms with van der Waals surface area (Å²) >= 11 is 5.69. The highest BCUT2D eigenvalue weighted by Crippen LogP contribution is 2.22. The standard InChI is InChI=1S/C9H9ClO3/c1-13-9-3-2-6(10)4-7(9)8(12)5-11/h2-4,11H,5H2,1H3. The molecule has 1 aromatic rings. The zero-order chi connectivity index (χ0) is 9.84. The lowest BCUT2D eigenvalue weighted by Crippen LogP contribution is -2.06. The van der Waals surface area contributed by atoms with Crippen LogP contribution < -0.4 is 4.74 Å². The molecule has 0 aliphatic carbocycles. The van der Waals surface area contributed by atoms with E-state index < -0.39 is 12.4 Å². The zero-order valence-corrected chi connectivity index (χ0v) is 7.84. The van der Waals surface area contributed by atoms with E-state index in [0.717, 1.165) is 0 Å². The number of aliphatic hydroxyl groups excluding tert-OH is 1. The molecule has 0 atom stereocenters. The summed E-state index contributed by atoms with van der Waals surface area (Å²) in [6.07, 6.45) is 0. The quantitative estimate of drug-likeness (QED) is 0.753. The Labute approximate surface area is 80.9 Å². The van der Waals surface area contributed by atoms with Crippen LogP contribution in [0.2, 0.25) is 5.02 Å². The minimum atomic E-state index is -0.545. The molecule has 0 heterocycles. The number of ether oxygens (including phenoxy) is 1. The van der Waals surface area contributed by atoms with Crippen LogP contribution in [-0.2, 0) is 0 Å².